The molecule has 0 spiro atoms. The Balaban J connectivity index is 1.78. The monoisotopic (exact) mass is 710 g/mol. The number of fused-ring (bicyclic) bond motifs is 1. The summed E-state index contributed by atoms with van der Waals surface area (Å²) < 4.78 is 31.0. The van der Waals surface area contributed by atoms with E-state index in [1.807, 2.05) is 78.8 Å². The first-order valence-corrected chi connectivity index (χ1v) is 17.7. The molecule has 0 heterocycles. The number of nitrogens with zero attached hydrogens (tertiary/aromatic N) is 2. The summed E-state index contributed by atoms with van der Waals surface area (Å²) in [7, 11) is -4.24. The van der Waals surface area contributed by atoms with Crippen molar-refractivity contribution in [2.75, 3.05) is 10.8 Å². The molecule has 0 fully saturated rings. The Morgan fingerprint density at radius 3 is 1.85 bits per heavy atom. The normalized spacial score (nSPS) is 14.1. The first-order chi connectivity index (χ1) is 21.9. The fourth-order valence-corrected chi connectivity index (χ4v) is 7.12. The third kappa shape index (κ3) is 7.39. The van der Waals surface area contributed by atoms with Crippen molar-refractivity contribution in [1.29, 1.82) is 0 Å². The number of carbonyl (C=O) groups is 2. The van der Waals surface area contributed by atoms with E-state index < -0.39 is 27.4 Å². The fourth-order valence-electron chi connectivity index (χ4n) is 5.43. The van der Waals surface area contributed by atoms with Crippen LogP contribution in [0.1, 0.15) is 57.5 Å². The summed E-state index contributed by atoms with van der Waals surface area (Å²) in [6, 6.07) is 24.7. The lowest BCUT2D eigenvalue weighted by molar-refractivity contribution is -0.114. The number of Topliss-reactive ketones (excluding diaryl/α,β-unsaturated/α-hetero) is 2. The Morgan fingerprint density at radius 2 is 1.32 bits per heavy atom. The summed E-state index contributed by atoms with van der Waals surface area (Å²) in [5.74, 6) is -0.389. The summed E-state index contributed by atoms with van der Waals surface area (Å²) in [5, 5.41) is 1.65. The summed E-state index contributed by atoms with van der Waals surface area (Å²) in [5.41, 5.74) is 2.79. The average molecular weight is 712 g/mol. The second-order valence-electron chi connectivity index (χ2n) is 13.9. The predicted octanol–water partition coefficient (Wildman–Crippen LogP) is 9.59. The molecule has 0 bridgehead atoms. The Bertz CT molecular complexity index is 2040. The zero-order chi connectivity index (χ0) is 34.3. The Labute approximate surface area is 286 Å². The lowest BCUT2D eigenvalue weighted by Gasteiger charge is -2.31. The Hall–Kier alpha value is -4.14. The van der Waals surface area contributed by atoms with Gasteiger partial charge in [-0.15, -0.1) is 0 Å². The van der Waals surface area contributed by atoms with Gasteiger partial charge in [-0.05, 0) is 77.1 Å². The summed E-state index contributed by atoms with van der Waals surface area (Å²) in [6.07, 6.45) is 3.59. The number of anilines is 1. The molecule has 0 N–H and O–H groups in total. The highest BCUT2D eigenvalue weighted by Crippen LogP contribution is 2.40. The van der Waals surface area contributed by atoms with Crippen LogP contribution in [0.3, 0.4) is 0 Å². The van der Waals surface area contributed by atoms with E-state index in [0.29, 0.717) is 28.1 Å². The van der Waals surface area contributed by atoms with Gasteiger partial charge in [0.05, 0.1) is 28.5 Å². The molecule has 6 nitrogen and oxygen atoms in total. The largest absolute Gasteiger partial charge is 0.292 e. The average Bonchev–Trinajstić information content (AvgIpc) is 2.99. The summed E-state index contributed by atoms with van der Waals surface area (Å²) in [4.78, 5) is 32.5. The van der Waals surface area contributed by atoms with Crippen LogP contribution in [-0.4, -0.2) is 32.2 Å². The molecule has 0 radical (unpaired) electrons. The molecule has 0 atom stereocenters. The predicted molar refractivity (Wildman–Crippen MR) is 195 cm³/mol. The molecule has 0 saturated carbocycles. The lowest BCUT2D eigenvalue weighted by Crippen LogP contribution is -2.36. The number of aryl methyl sites for hydroxylation is 1. The van der Waals surface area contributed by atoms with E-state index in [9.17, 15) is 18.0 Å². The van der Waals surface area contributed by atoms with Gasteiger partial charge < -0.3 is 0 Å². The minimum atomic E-state index is -4.24. The van der Waals surface area contributed by atoms with Crippen molar-refractivity contribution >= 4 is 65.4 Å². The van der Waals surface area contributed by atoms with Crippen molar-refractivity contribution in [1.82, 2.24) is 0 Å². The molecular weight excluding hydrogens is 672 g/mol. The van der Waals surface area contributed by atoms with Gasteiger partial charge >= 0.3 is 0 Å². The van der Waals surface area contributed by atoms with Crippen molar-refractivity contribution in [3.63, 3.8) is 0 Å². The maximum Gasteiger partial charge on any atom is 0.264 e. The van der Waals surface area contributed by atoms with Crippen LogP contribution in [0.5, 0.6) is 0 Å². The number of hydrogen-bond donors (Lipinski definition) is 0. The van der Waals surface area contributed by atoms with Crippen LogP contribution in [0.15, 0.2) is 123 Å². The van der Waals surface area contributed by atoms with Gasteiger partial charge in [0.25, 0.3) is 10.0 Å². The minimum absolute atomic E-state index is 0.0219. The van der Waals surface area contributed by atoms with Gasteiger partial charge in [0, 0.05) is 21.2 Å². The molecule has 5 rings (SSSR count). The Kier molecular flexibility index (Phi) is 9.32. The van der Waals surface area contributed by atoms with Crippen LogP contribution in [0.2, 0.25) is 0 Å². The molecule has 4 aromatic carbocycles. The third-order valence-electron chi connectivity index (χ3n) is 8.11. The minimum Gasteiger partial charge on any atom is -0.292 e. The molecule has 8 heteroatoms. The lowest BCUT2D eigenvalue weighted by atomic mass is 9.72. The van der Waals surface area contributed by atoms with Crippen LogP contribution >= 0.6 is 15.9 Å². The van der Waals surface area contributed by atoms with Gasteiger partial charge in [-0.25, -0.2) is 13.4 Å². The maximum absolute atomic E-state index is 14.5. The molecular formula is C39H39BrN2O4S. The van der Waals surface area contributed by atoms with E-state index in [2.05, 4.69) is 15.9 Å². The van der Waals surface area contributed by atoms with Crippen molar-refractivity contribution in [3.8, 4) is 0 Å². The first-order valence-electron chi connectivity index (χ1n) is 15.4. The van der Waals surface area contributed by atoms with Crippen molar-refractivity contribution in [3.05, 3.63) is 124 Å². The van der Waals surface area contributed by atoms with E-state index >= 15 is 0 Å². The standard InChI is InChI=1S/C39H39BrN2O4S/c1-25-12-18-31(19-13-25)47(45,46)42(24-36(43)26-14-16-29(40)17-15-26)35-21-28-11-9-8-10-27(28)20-34(35)41-30-22-32(38(2,3)4)37(44)33(23-30)39(5,6)7/h8-23H,24H2,1-7H3. The number of halogens is 1. The third-order valence-corrected chi connectivity index (χ3v) is 10.4. The van der Waals surface area contributed by atoms with Crippen LogP contribution in [0, 0.1) is 17.8 Å². The molecule has 47 heavy (non-hydrogen) atoms. The van der Waals surface area contributed by atoms with E-state index in [1.54, 1.807) is 66.7 Å². The number of carbonyl (C=O) groups excluding carboxylic acids is 2. The van der Waals surface area contributed by atoms with Gasteiger partial charge in [-0.1, -0.05) is 112 Å². The molecule has 4 aromatic rings. The number of hydrogen-bond acceptors (Lipinski definition) is 5. The Morgan fingerprint density at radius 1 is 0.787 bits per heavy atom. The molecule has 242 valence electrons. The highest BCUT2D eigenvalue weighted by Gasteiger charge is 2.35. The summed E-state index contributed by atoms with van der Waals surface area (Å²) >= 11 is 3.40. The number of sulfonamides is 1. The van der Waals surface area contributed by atoms with Gasteiger partial charge in [-0.3, -0.25) is 13.9 Å². The molecule has 0 aromatic heterocycles. The highest BCUT2D eigenvalue weighted by molar-refractivity contribution is 9.10. The van der Waals surface area contributed by atoms with Crippen molar-refractivity contribution < 1.29 is 18.0 Å². The topological polar surface area (TPSA) is 83.9 Å². The van der Waals surface area contributed by atoms with Gasteiger partial charge in [0.1, 0.15) is 0 Å². The maximum atomic E-state index is 14.5. The highest BCUT2D eigenvalue weighted by atomic mass is 79.9. The van der Waals surface area contributed by atoms with Crippen LogP contribution < -0.4 is 4.31 Å². The van der Waals surface area contributed by atoms with E-state index in [-0.39, 0.29) is 22.1 Å². The van der Waals surface area contributed by atoms with Crippen molar-refractivity contribution in [2.45, 2.75) is 53.4 Å². The number of allylic oxidation sites excluding steroid dienone is 4. The van der Waals surface area contributed by atoms with Crippen LogP contribution in [0.4, 0.5) is 11.4 Å². The van der Waals surface area contributed by atoms with Crippen LogP contribution in [-0.2, 0) is 14.8 Å². The van der Waals surface area contributed by atoms with Gasteiger partial charge in [-0.2, -0.15) is 0 Å². The van der Waals surface area contributed by atoms with E-state index in [4.69, 9.17) is 4.99 Å². The number of aliphatic imine (C=N–C) groups is 1. The van der Waals surface area contributed by atoms with Gasteiger partial charge in [0.15, 0.2) is 11.6 Å². The SMILES string of the molecule is Cc1ccc(S(=O)(=O)N(CC(=O)c2ccc(Br)cc2)c2cc3ccccc3cc2N=C2C=C(C(C)(C)C)C(=O)C(C(C)(C)C)=C2)cc1. The second-order valence-corrected chi connectivity index (χ2v) is 16.7. The molecule has 1 aliphatic rings. The van der Waals surface area contributed by atoms with Crippen molar-refractivity contribution in [2.24, 2.45) is 15.8 Å². The first kappa shape index (κ1) is 34.2. The smallest absolute Gasteiger partial charge is 0.264 e. The zero-order valence-corrected chi connectivity index (χ0v) is 30.2. The molecule has 0 unspecified atom stereocenters. The number of benzene rings is 4. The summed E-state index contributed by atoms with van der Waals surface area (Å²) in [6.45, 7) is 13.4. The second kappa shape index (κ2) is 12.8. The quantitative estimate of drug-likeness (QED) is 0.141. The molecule has 0 saturated heterocycles. The number of ketones is 2. The molecule has 1 aliphatic carbocycles. The molecule has 0 aliphatic heterocycles. The van der Waals surface area contributed by atoms with Gasteiger partial charge in [0.2, 0.25) is 0 Å². The molecule has 0 amide bonds. The van der Waals surface area contributed by atoms with E-state index in [1.165, 1.54) is 0 Å². The van der Waals surface area contributed by atoms with Crippen LogP contribution in [0.25, 0.3) is 10.8 Å². The number of rotatable bonds is 7. The fraction of sp³-hybridized carbons (Fsp3) is 0.256. The zero-order valence-electron chi connectivity index (χ0n) is 27.8. The van der Waals surface area contributed by atoms with E-state index in [0.717, 1.165) is 25.1 Å².